The van der Waals surface area contributed by atoms with Crippen molar-refractivity contribution >= 4 is 0 Å². The predicted molar refractivity (Wildman–Crippen MR) is 156 cm³/mol. The minimum atomic E-state index is 0.167. The molecule has 1 aromatic carbocycles. The first-order chi connectivity index (χ1) is 16.0. The van der Waals surface area contributed by atoms with Crippen LogP contribution in [0, 0.1) is 106 Å². The van der Waals surface area contributed by atoms with Crippen molar-refractivity contribution in [3.8, 4) is 0 Å². The molecule has 3 rings (SSSR count). The Kier molecular flexibility index (Phi) is 8.09. The van der Waals surface area contributed by atoms with E-state index in [9.17, 15) is 0 Å². The maximum Gasteiger partial charge on any atom is -0.000282 e. The second-order valence-corrected chi connectivity index (χ2v) is 14.4. The fraction of sp³-hybridized carbons (Fsp3) is 0.829. The molecule has 0 heteroatoms. The molecule has 200 valence electrons. The summed E-state index contributed by atoms with van der Waals surface area (Å²) in [6.07, 6.45) is 0. The Hall–Kier alpha value is -0.780. The van der Waals surface area contributed by atoms with Crippen molar-refractivity contribution in [2.75, 3.05) is 0 Å². The van der Waals surface area contributed by atoms with Gasteiger partial charge in [0.2, 0.25) is 0 Å². The maximum absolute atomic E-state index is 2.76. The predicted octanol–water partition coefficient (Wildman–Crippen LogP) is 10.1. The molecule has 0 aromatic heterocycles. The molecule has 0 N–H and O–H groups in total. The van der Waals surface area contributed by atoms with Crippen molar-refractivity contribution in [1.82, 2.24) is 0 Å². The van der Waals surface area contributed by atoms with E-state index in [0.717, 1.165) is 59.2 Å². The molecule has 2 fully saturated rings. The van der Waals surface area contributed by atoms with E-state index >= 15 is 0 Å². The van der Waals surface area contributed by atoms with E-state index in [-0.39, 0.29) is 5.41 Å². The lowest BCUT2D eigenvalue weighted by molar-refractivity contribution is -0.0950. The van der Waals surface area contributed by atoms with Crippen LogP contribution in [0.15, 0.2) is 0 Å². The van der Waals surface area contributed by atoms with E-state index in [2.05, 4.69) is 111 Å². The molecular weight excluding hydrogens is 420 g/mol. The summed E-state index contributed by atoms with van der Waals surface area (Å²) in [6, 6.07) is 0. The second kappa shape index (κ2) is 9.83. The van der Waals surface area contributed by atoms with Gasteiger partial charge in [-0.2, -0.15) is 0 Å². The minimum absolute atomic E-state index is 0.167. The van der Waals surface area contributed by atoms with Crippen LogP contribution in [-0.2, 0) is 5.41 Å². The van der Waals surface area contributed by atoms with Crippen LogP contribution >= 0.6 is 0 Å². The van der Waals surface area contributed by atoms with Gasteiger partial charge in [0.1, 0.15) is 0 Å². The largest absolute Gasteiger partial charge is 0.0620 e. The summed E-state index contributed by atoms with van der Waals surface area (Å²) >= 11 is 0. The van der Waals surface area contributed by atoms with Crippen molar-refractivity contribution < 1.29 is 0 Å². The Morgan fingerprint density at radius 3 is 0.800 bits per heavy atom. The lowest BCUT2D eigenvalue weighted by Crippen LogP contribution is -2.59. The van der Waals surface area contributed by atoms with Crippen molar-refractivity contribution in [2.24, 2.45) is 71.0 Å². The molecule has 0 heterocycles. The summed E-state index contributed by atoms with van der Waals surface area (Å²) < 4.78 is 0. The SMILES string of the molecule is Cc1c(C)c(C)c(C(C)(C2C(C)C(C)C(C)C(C)C2C)C2C(C)C(C)C(C)C(C)C2C)c(C)c1C. The molecule has 0 radical (unpaired) electrons. The highest BCUT2D eigenvalue weighted by Gasteiger charge is 2.58. The Bertz CT molecular complexity index is 821. The molecule has 0 spiro atoms. The standard InChI is InChI=1S/C35H60/c1-17-20(4)26(10)32(27(11)21(17)5)35(16,33-28(12)22(6)18(2)23(7)29(33)13)34-30(14)24(8)19(3)25(9)31(34)15/h17-18,20-23,26-29,32-33H,1-16H3. The number of benzene rings is 1. The van der Waals surface area contributed by atoms with Crippen LogP contribution in [0.5, 0.6) is 0 Å². The molecule has 0 saturated heterocycles. The van der Waals surface area contributed by atoms with Crippen LogP contribution in [0.1, 0.15) is 110 Å². The smallest absolute Gasteiger partial charge is 0.000282 e. The van der Waals surface area contributed by atoms with Gasteiger partial charge in [-0.3, -0.25) is 0 Å². The molecule has 8 atom stereocenters. The summed E-state index contributed by atoms with van der Waals surface area (Å²) in [5.41, 5.74) is 9.64. The quantitative estimate of drug-likeness (QED) is 0.403. The summed E-state index contributed by atoms with van der Waals surface area (Å²) in [6.45, 7) is 40.6. The first-order valence-electron chi connectivity index (χ1n) is 15.1. The number of hydrogen-bond donors (Lipinski definition) is 0. The summed E-state index contributed by atoms with van der Waals surface area (Å²) in [5.74, 6) is 8.96. The molecule has 2 aliphatic rings. The fourth-order valence-corrected chi connectivity index (χ4v) is 10.2. The van der Waals surface area contributed by atoms with Crippen LogP contribution in [0.3, 0.4) is 0 Å². The van der Waals surface area contributed by atoms with Crippen molar-refractivity contribution in [3.63, 3.8) is 0 Å². The van der Waals surface area contributed by atoms with E-state index in [0.29, 0.717) is 11.8 Å². The van der Waals surface area contributed by atoms with Crippen LogP contribution < -0.4 is 0 Å². The van der Waals surface area contributed by atoms with Gasteiger partial charge in [0.25, 0.3) is 0 Å². The molecule has 8 unspecified atom stereocenters. The molecule has 2 saturated carbocycles. The summed E-state index contributed by atoms with van der Waals surface area (Å²) in [5, 5.41) is 0. The molecule has 0 aliphatic heterocycles. The third-order valence-corrected chi connectivity index (χ3v) is 13.8. The van der Waals surface area contributed by atoms with Gasteiger partial charge >= 0.3 is 0 Å². The Labute approximate surface area is 220 Å². The summed E-state index contributed by atoms with van der Waals surface area (Å²) in [7, 11) is 0. The highest BCUT2D eigenvalue weighted by molar-refractivity contribution is 5.53. The molecule has 0 bridgehead atoms. The van der Waals surface area contributed by atoms with Gasteiger partial charge < -0.3 is 0 Å². The monoisotopic (exact) mass is 480 g/mol. The van der Waals surface area contributed by atoms with E-state index in [4.69, 9.17) is 0 Å². The normalized spacial score (nSPS) is 44.2. The van der Waals surface area contributed by atoms with Gasteiger partial charge in [-0.25, -0.2) is 0 Å². The third-order valence-electron chi connectivity index (χ3n) is 13.8. The molecule has 1 aromatic rings. The molecular formula is C35H60. The van der Waals surface area contributed by atoms with Crippen LogP contribution in [0.4, 0.5) is 0 Å². The van der Waals surface area contributed by atoms with Crippen LogP contribution in [0.2, 0.25) is 0 Å². The van der Waals surface area contributed by atoms with Gasteiger partial charge in [0.15, 0.2) is 0 Å². The average molecular weight is 481 g/mol. The number of rotatable bonds is 3. The van der Waals surface area contributed by atoms with E-state index in [1.54, 1.807) is 16.7 Å². The molecule has 0 nitrogen and oxygen atoms in total. The van der Waals surface area contributed by atoms with Gasteiger partial charge in [-0.05, 0) is 144 Å². The lowest BCUT2D eigenvalue weighted by Gasteiger charge is -2.62. The third kappa shape index (κ3) is 4.07. The molecule has 35 heavy (non-hydrogen) atoms. The van der Waals surface area contributed by atoms with Crippen molar-refractivity contribution in [2.45, 2.75) is 116 Å². The second-order valence-electron chi connectivity index (χ2n) is 14.4. The Balaban J connectivity index is 2.42. The van der Waals surface area contributed by atoms with Crippen LogP contribution in [0.25, 0.3) is 0 Å². The topological polar surface area (TPSA) is 0 Å². The van der Waals surface area contributed by atoms with E-state index in [1.807, 2.05) is 0 Å². The minimum Gasteiger partial charge on any atom is -0.0620 e. The first-order valence-corrected chi connectivity index (χ1v) is 15.1. The van der Waals surface area contributed by atoms with Gasteiger partial charge in [-0.1, -0.05) is 76.2 Å². The van der Waals surface area contributed by atoms with Gasteiger partial charge in [0.05, 0.1) is 0 Å². The number of hydrogen-bond acceptors (Lipinski definition) is 0. The van der Waals surface area contributed by atoms with Gasteiger partial charge in [0, 0.05) is 0 Å². The van der Waals surface area contributed by atoms with Crippen molar-refractivity contribution in [1.29, 1.82) is 0 Å². The van der Waals surface area contributed by atoms with Crippen molar-refractivity contribution in [3.05, 3.63) is 33.4 Å². The highest BCUT2D eigenvalue weighted by Crippen LogP contribution is 2.62. The van der Waals surface area contributed by atoms with Gasteiger partial charge in [-0.15, -0.1) is 0 Å². The lowest BCUT2D eigenvalue weighted by atomic mass is 9.42. The molecule has 0 amide bonds. The zero-order valence-corrected chi connectivity index (χ0v) is 26.4. The maximum atomic E-state index is 2.76. The highest BCUT2D eigenvalue weighted by atomic mass is 14.6. The Morgan fingerprint density at radius 1 is 0.343 bits per heavy atom. The zero-order valence-electron chi connectivity index (χ0n) is 26.4. The van der Waals surface area contributed by atoms with E-state index < -0.39 is 0 Å². The Morgan fingerprint density at radius 2 is 0.543 bits per heavy atom. The first kappa shape index (κ1) is 28.8. The molecule has 2 aliphatic carbocycles. The van der Waals surface area contributed by atoms with Crippen LogP contribution in [-0.4, -0.2) is 0 Å². The fourth-order valence-electron chi connectivity index (χ4n) is 10.2. The zero-order chi connectivity index (χ0) is 26.9. The summed E-state index contributed by atoms with van der Waals surface area (Å²) in [4.78, 5) is 0. The van der Waals surface area contributed by atoms with E-state index in [1.165, 1.54) is 16.7 Å². The average Bonchev–Trinajstić information content (AvgIpc) is 2.81.